The number of nitrogens with zero attached hydrogens (tertiary/aromatic N) is 3. The maximum atomic E-state index is 6.52. The van der Waals surface area contributed by atoms with Gasteiger partial charge in [-0.15, -0.1) is 29.8 Å². The van der Waals surface area contributed by atoms with Gasteiger partial charge in [0.05, 0.1) is 6.04 Å². The molecule has 0 amide bonds. The quantitative estimate of drug-likeness (QED) is 0.170. The summed E-state index contributed by atoms with van der Waals surface area (Å²) in [6, 6.07) is 32.7. The number of benzene rings is 4. The largest absolute Gasteiger partial charge is 2.00 e. The first kappa shape index (κ1) is 31.4. The summed E-state index contributed by atoms with van der Waals surface area (Å²) in [6.07, 6.45) is 3.68. The average Bonchev–Trinajstić information content (AvgIpc) is 3.43. The normalized spacial score (nSPS) is 18.5. The van der Waals surface area contributed by atoms with Crippen molar-refractivity contribution in [3.05, 3.63) is 141 Å². The van der Waals surface area contributed by atoms with Crippen LogP contribution in [0.1, 0.15) is 63.9 Å². The van der Waals surface area contributed by atoms with Crippen LogP contribution in [0.15, 0.2) is 84.0 Å². The number of aliphatic imine (C=N–C) groups is 1. The van der Waals surface area contributed by atoms with Crippen LogP contribution in [0.4, 0.5) is 17.2 Å². The number of para-hydroxylation sites is 1. The van der Waals surface area contributed by atoms with Crippen molar-refractivity contribution in [1.82, 2.24) is 4.98 Å². The van der Waals surface area contributed by atoms with E-state index in [0.29, 0.717) is 17.4 Å². The van der Waals surface area contributed by atoms with Crippen LogP contribution in [0.5, 0.6) is 11.5 Å². The Bertz CT molecular complexity index is 2020. The van der Waals surface area contributed by atoms with Crippen LogP contribution in [0.3, 0.4) is 0 Å². The monoisotopic (exact) mass is 798 g/mol. The fraction of sp³-hybridized carbons (Fsp3) is 0.268. The maximum Gasteiger partial charge on any atom is 2.00 e. The number of hydrogen-bond donors (Lipinski definition) is 0. The number of hydrogen-bond acceptors (Lipinski definition) is 5. The molecule has 238 valence electrons. The molecule has 0 fully saturated rings. The van der Waals surface area contributed by atoms with Crippen LogP contribution in [-0.4, -0.2) is 23.0 Å². The van der Waals surface area contributed by atoms with Gasteiger partial charge >= 0.3 is 21.1 Å². The standard InChI is InChI=1S/C41H37N3O2.Pt/c1-24-14-30(40-43-36-21-28-18-26(3)27(4)19-29(28)22-38(36)46-40)20-32(16-24)45-33-17-25(2)15-31(23-33)44-37-12-8-7-10-34(37)41(5,6)35-11-9-13-42-39(35)44;/h7-19,36,38H,21-22H2,1-6H3;/q-2;+2/t36-,38-;/m0./s1. The first-order valence-electron chi connectivity index (χ1n) is 16.1. The van der Waals surface area contributed by atoms with Crippen LogP contribution < -0.4 is 9.64 Å². The van der Waals surface area contributed by atoms with Gasteiger partial charge < -0.3 is 14.4 Å². The fourth-order valence-corrected chi connectivity index (χ4v) is 7.30. The zero-order valence-electron chi connectivity index (χ0n) is 27.5. The van der Waals surface area contributed by atoms with E-state index in [9.17, 15) is 0 Å². The molecule has 1 aromatic heterocycles. The van der Waals surface area contributed by atoms with Crippen LogP contribution in [-0.2, 0) is 44.1 Å². The van der Waals surface area contributed by atoms with E-state index in [0.717, 1.165) is 46.7 Å². The third-order valence-electron chi connectivity index (χ3n) is 9.79. The van der Waals surface area contributed by atoms with E-state index in [4.69, 9.17) is 19.5 Å². The van der Waals surface area contributed by atoms with E-state index < -0.39 is 0 Å². The smallest absolute Gasteiger partial charge is 0.514 e. The molecule has 1 aliphatic carbocycles. The Labute approximate surface area is 292 Å². The van der Waals surface area contributed by atoms with Crippen LogP contribution in [0.2, 0.25) is 0 Å². The van der Waals surface area contributed by atoms with Gasteiger partial charge in [0.25, 0.3) is 0 Å². The van der Waals surface area contributed by atoms with Crippen molar-refractivity contribution in [1.29, 1.82) is 0 Å². The van der Waals surface area contributed by atoms with Gasteiger partial charge in [0.1, 0.15) is 17.8 Å². The SMILES string of the molecule is Cc1cc(Oc2[c-]c(N3c4ccccc4C(C)(C)c4cccnc43)cc(C)c2)[c-]c(C2=N[C@H]3Cc4cc(C)c(C)cc4C[C@@H]3O2)c1.[Pt+2]. The van der Waals surface area contributed by atoms with E-state index in [2.05, 4.69) is 113 Å². The molecule has 0 saturated heterocycles. The summed E-state index contributed by atoms with van der Waals surface area (Å²) in [6.45, 7) is 13.0. The molecule has 4 aromatic carbocycles. The second kappa shape index (κ2) is 11.8. The molecule has 3 heterocycles. The number of pyridine rings is 1. The Balaban J connectivity index is 0.00000351. The van der Waals surface area contributed by atoms with Gasteiger partial charge in [-0.3, -0.25) is 4.99 Å². The summed E-state index contributed by atoms with van der Waals surface area (Å²) >= 11 is 0. The topological polar surface area (TPSA) is 47.0 Å². The Morgan fingerprint density at radius 3 is 2.28 bits per heavy atom. The molecule has 5 nitrogen and oxygen atoms in total. The number of fused-ring (bicyclic) bond motifs is 4. The summed E-state index contributed by atoms with van der Waals surface area (Å²) < 4.78 is 13.0. The predicted molar refractivity (Wildman–Crippen MR) is 183 cm³/mol. The minimum atomic E-state index is -0.185. The summed E-state index contributed by atoms with van der Waals surface area (Å²) in [5, 5.41) is 0. The van der Waals surface area contributed by atoms with Gasteiger partial charge in [0.2, 0.25) is 0 Å². The second-order valence-electron chi connectivity index (χ2n) is 13.6. The summed E-state index contributed by atoms with van der Waals surface area (Å²) in [4.78, 5) is 12.1. The molecule has 5 aromatic rings. The molecule has 0 bridgehead atoms. The molecule has 3 aliphatic rings. The molecule has 47 heavy (non-hydrogen) atoms. The molecule has 6 heteroatoms. The average molecular weight is 799 g/mol. The van der Waals surface area contributed by atoms with Gasteiger partial charge in [-0.25, -0.2) is 4.98 Å². The van der Waals surface area contributed by atoms with Crippen molar-refractivity contribution in [2.24, 2.45) is 4.99 Å². The minimum Gasteiger partial charge on any atom is -0.514 e. The fourth-order valence-electron chi connectivity index (χ4n) is 7.30. The van der Waals surface area contributed by atoms with E-state index in [-0.39, 0.29) is 38.6 Å². The molecular weight excluding hydrogens is 762 g/mol. The first-order valence-corrected chi connectivity index (χ1v) is 16.1. The molecular formula is C41H37N3O2Pt. The number of aryl methyl sites for hydroxylation is 4. The minimum absolute atomic E-state index is 0. The Kier molecular flexibility index (Phi) is 7.87. The van der Waals surface area contributed by atoms with Gasteiger partial charge in [0.15, 0.2) is 0 Å². The Morgan fingerprint density at radius 1 is 0.809 bits per heavy atom. The zero-order chi connectivity index (χ0) is 31.7. The van der Waals surface area contributed by atoms with Crippen LogP contribution in [0, 0.1) is 39.8 Å². The van der Waals surface area contributed by atoms with Gasteiger partial charge in [-0.1, -0.05) is 87.5 Å². The van der Waals surface area contributed by atoms with Crippen molar-refractivity contribution in [2.45, 2.75) is 71.9 Å². The van der Waals surface area contributed by atoms with Gasteiger partial charge in [-0.2, -0.15) is 5.56 Å². The summed E-state index contributed by atoms with van der Waals surface area (Å²) in [7, 11) is 0. The van der Waals surface area contributed by atoms with Crippen molar-refractivity contribution in [2.75, 3.05) is 4.90 Å². The van der Waals surface area contributed by atoms with E-state index in [1.807, 2.05) is 24.4 Å². The number of rotatable bonds is 4. The third kappa shape index (κ3) is 5.49. The number of aromatic nitrogens is 1. The summed E-state index contributed by atoms with van der Waals surface area (Å²) in [5.74, 6) is 2.78. The molecule has 2 aliphatic heterocycles. The van der Waals surface area contributed by atoms with Crippen LogP contribution in [0.25, 0.3) is 0 Å². The predicted octanol–water partition coefficient (Wildman–Crippen LogP) is 9.13. The third-order valence-corrected chi connectivity index (χ3v) is 9.79. The van der Waals surface area contributed by atoms with Gasteiger partial charge in [-0.05, 0) is 60.2 Å². The van der Waals surface area contributed by atoms with E-state index >= 15 is 0 Å². The van der Waals surface area contributed by atoms with Crippen molar-refractivity contribution in [3.63, 3.8) is 0 Å². The van der Waals surface area contributed by atoms with E-state index in [1.54, 1.807) is 0 Å². The number of ether oxygens (including phenoxy) is 2. The number of anilines is 3. The molecule has 0 unspecified atom stereocenters. The molecule has 0 N–H and O–H groups in total. The Hall–Kier alpha value is -4.21. The van der Waals surface area contributed by atoms with Crippen molar-refractivity contribution in [3.8, 4) is 11.5 Å². The molecule has 2 atom stereocenters. The van der Waals surface area contributed by atoms with Crippen molar-refractivity contribution < 1.29 is 30.5 Å². The first-order chi connectivity index (χ1) is 22.1. The molecule has 0 spiro atoms. The van der Waals surface area contributed by atoms with E-state index in [1.165, 1.54) is 33.4 Å². The molecule has 8 rings (SSSR count). The van der Waals surface area contributed by atoms with Gasteiger partial charge in [0, 0.05) is 40.8 Å². The molecule has 0 saturated carbocycles. The Morgan fingerprint density at radius 2 is 1.49 bits per heavy atom. The van der Waals surface area contributed by atoms with Crippen LogP contribution >= 0.6 is 0 Å². The zero-order valence-corrected chi connectivity index (χ0v) is 29.8. The van der Waals surface area contributed by atoms with Crippen molar-refractivity contribution >= 4 is 23.1 Å². The molecule has 0 radical (unpaired) electrons. The second-order valence-corrected chi connectivity index (χ2v) is 13.6. The maximum absolute atomic E-state index is 6.52. The summed E-state index contributed by atoms with van der Waals surface area (Å²) in [5.41, 5.74) is 12.6.